The van der Waals surface area contributed by atoms with E-state index >= 15 is 0 Å². The van der Waals surface area contributed by atoms with Crippen molar-refractivity contribution in [1.29, 1.82) is 0 Å². The zero-order valence-electron chi connectivity index (χ0n) is 13.8. The van der Waals surface area contributed by atoms with E-state index in [1.54, 1.807) is 34.6 Å². The van der Waals surface area contributed by atoms with Crippen LogP contribution in [0.15, 0.2) is 0 Å². The minimum atomic E-state index is -0.880. The molecule has 0 rings (SSSR count). The third-order valence-electron chi connectivity index (χ3n) is 2.07. The van der Waals surface area contributed by atoms with Crippen LogP contribution in [0, 0.1) is 0 Å². The lowest BCUT2D eigenvalue weighted by molar-refractivity contribution is -0.145. The molecule has 0 heterocycles. The maximum Gasteiger partial charge on any atom is 0.408 e. The van der Waals surface area contributed by atoms with Crippen LogP contribution in [0.2, 0.25) is 0 Å². The first-order valence-corrected chi connectivity index (χ1v) is 8.24. The molecule has 128 valence electrons. The Bertz CT molecular complexity index is 380. The van der Waals surface area contributed by atoms with Crippen molar-refractivity contribution in [3.8, 4) is 0 Å². The van der Waals surface area contributed by atoms with Crippen LogP contribution < -0.4 is 5.32 Å². The molecule has 0 aliphatic heterocycles. The van der Waals surface area contributed by atoms with Crippen LogP contribution in [-0.2, 0) is 23.8 Å². The fraction of sp³-hybridized carbons (Fsp3) is 0.786. The molecule has 0 saturated carbocycles. The number of hydrogen-bond donors (Lipinski definition) is 1. The predicted octanol–water partition coefficient (Wildman–Crippen LogP) is 1.74. The number of carbonyl (C=O) groups is 3. The standard InChI is InChI=1S/C14H25NO6S/c1-6-19-11(16)9-22-8-10(12(17)20-7-2)15-13(18)21-14(3,4)5/h10H,6-9H2,1-5H3,(H,15,18)/t10-/m1/s1. The van der Waals surface area contributed by atoms with Gasteiger partial charge in [-0.3, -0.25) is 4.79 Å². The number of esters is 2. The number of alkyl carbamates (subject to hydrolysis) is 1. The van der Waals surface area contributed by atoms with Crippen LogP contribution in [-0.4, -0.2) is 54.4 Å². The van der Waals surface area contributed by atoms with Gasteiger partial charge in [-0.25, -0.2) is 9.59 Å². The monoisotopic (exact) mass is 335 g/mol. The lowest BCUT2D eigenvalue weighted by atomic mass is 10.2. The zero-order valence-corrected chi connectivity index (χ0v) is 14.6. The zero-order chi connectivity index (χ0) is 17.2. The molecule has 1 atom stereocenters. The molecular weight excluding hydrogens is 310 g/mol. The van der Waals surface area contributed by atoms with Crippen LogP contribution in [0.3, 0.4) is 0 Å². The van der Waals surface area contributed by atoms with Crippen LogP contribution in [0.25, 0.3) is 0 Å². The Kier molecular flexibility index (Phi) is 9.64. The second-order valence-corrected chi connectivity index (χ2v) is 6.30. The number of ether oxygens (including phenoxy) is 3. The van der Waals surface area contributed by atoms with E-state index in [1.165, 1.54) is 11.8 Å². The van der Waals surface area contributed by atoms with Gasteiger partial charge in [-0.1, -0.05) is 0 Å². The summed E-state index contributed by atoms with van der Waals surface area (Å²) in [4.78, 5) is 34.8. The first-order chi connectivity index (χ1) is 10.2. The topological polar surface area (TPSA) is 90.9 Å². The van der Waals surface area contributed by atoms with Gasteiger partial charge in [0.25, 0.3) is 0 Å². The molecule has 0 aromatic carbocycles. The molecule has 0 unspecified atom stereocenters. The van der Waals surface area contributed by atoms with E-state index in [0.717, 1.165) is 0 Å². The quantitative estimate of drug-likeness (QED) is 0.533. The number of carbonyl (C=O) groups excluding carboxylic acids is 3. The minimum Gasteiger partial charge on any atom is -0.465 e. The fourth-order valence-electron chi connectivity index (χ4n) is 1.32. The SMILES string of the molecule is CCOC(=O)CSC[C@@H](NC(=O)OC(C)(C)C)C(=O)OCC. The molecule has 7 nitrogen and oxygen atoms in total. The molecule has 0 aliphatic carbocycles. The molecule has 0 aliphatic rings. The summed E-state index contributed by atoms with van der Waals surface area (Å²) in [7, 11) is 0. The highest BCUT2D eigenvalue weighted by Gasteiger charge is 2.25. The van der Waals surface area contributed by atoms with Crippen LogP contribution in [0.1, 0.15) is 34.6 Å². The van der Waals surface area contributed by atoms with Gasteiger partial charge in [0.1, 0.15) is 11.6 Å². The van der Waals surface area contributed by atoms with E-state index in [0.29, 0.717) is 6.61 Å². The van der Waals surface area contributed by atoms with E-state index in [1.807, 2.05) is 0 Å². The molecule has 0 radical (unpaired) electrons. The van der Waals surface area contributed by atoms with E-state index in [2.05, 4.69) is 5.32 Å². The molecule has 0 bridgehead atoms. The molecule has 8 heteroatoms. The highest BCUT2D eigenvalue weighted by atomic mass is 32.2. The van der Waals surface area contributed by atoms with Crippen LogP contribution >= 0.6 is 11.8 Å². The summed E-state index contributed by atoms with van der Waals surface area (Å²) < 4.78 is 14.8. The maximum absolute atomic E-state index is 11.8. The average molecular weight is 335 g/mol. The molecule has 1 N–H and O–H groups in total. The lowest BCUT2D eigenvalue weighted by Gasteiger charge is -2.22. The highest BCUT2D eigenvalue weighted by molar-refractivity contribution is 8.00. The smallest absolute Gasteiger partial charge is 0.408 e. The first-order valence-electron chi connectivity index (χ1n) is 7.09. The lowest BCUT2D eigenvalue weighted by Crippen LogP contribution is -2.45. The van der Waals surface area contributed by atoms with E-state index < -0.39 is 23.7 Å². The first kappa shape index (κ1) is 20.6. The minimum absolute atomic E-state index is 0.0970. The maximum atomic E-state index is 11.8. The predicted molar refractivity (Wildman–Crippen MR) is 83.7 cm³/mol. The number of nitrogens with one attached hydrogen (secondary N) is 1. The summed E-state index contributed by atoms with van der Waals surface area (Å²) in [6, 6.07) is -0.880. The van der Waals surface area contributed by atoms with Crippen molar-refractivity contribution in [2.75, 3.05) is 24.7 Å². The van der Waals surface area contributed by atoms with E-state index in [9.17, 15) is 14.4 Å². The van der Waals surface area contributed by atoms with Gasteiger partial charge in [0.05, 0.1) is 19.0 Å². The van der Waals surface area contributed by atoms with Crippen LogP contribution in [0.4, 0.5) is 4.79 Å². The fourth-order valence-corrected chi connectivity index (χ4v) is 2.15. The van der Waals surface area contributed by atoms with Gasteiger partial charge < -0.3 is 19.5 Å². The van der Waals surface area contributed by atoms with Gasteiger partial charge in [-0.05, 0) is 34.6 Å². The molecule has 1 amide bonds. The molecular formula is C14H25NO6S. The van der Waals surface area contributed by atoms with Gasteiger partial charge >= 0.3 is 18.0 Å². The summed E-state index contributed by atoms with van der Waals surface area (Å²) in [5.74, 6) is -0.645. The van der Waals surface area contributed by atoms with Gasteiger partial charge in [0.2, 0.25) is 0 Å². The summed E-state index contributed by atoms with van der Waals surface area (Å²) in [6.45, 7) is 9.07. The third kappa shape index (κ3) is 10.3. The summed E-state index contributed by atoms with van der Waals surface area (Å²) in [5, 5.41) is 2.46. The van der Waals surface area contributed by atoms with Crippen molar-refractivity contribution >= 4 is 29.8 Å². The summed E-state index contributed by atoms with van der Waals surface area (Å²) in [5.41, 5.74) is -0.665. The normalized spacial score (nSPS) is 12.2. The van der Waals surface area contributed by atoms with Gasteiger partial charge in [0.15, 0.2) is 0 Å². The van der Waals surface area contributed by atoms with Gasteiger partial charge in [0, 0.05) is 5.75 Å². The average Bonchev–Trinajstić information content (AvgIpc) is 2.36. The van der Waals surface area contributed by atoms with Crippen molar-refractivity contribution in [1.82, 2.24) is 5.32 Å². The number of amides is 1. The summed E-state index contributed by atoms with van der Waals surface area (Å²) in [6.07, 6.45) is -0.706. The van der Waals surface area contributed by atoms with Gasteiger partial charge in [-0.2, -0.15) is 0 Å². The Hall–Kier alpha value is -1.44. The number of rotatable bonds is 8. The largest absolute Gasteiger partial charge is 0.465 e. The molecule has 22 heavy (non-hydrogen) atoms. The molecule has 0 aromatic heterocycles. The van der Waals surface area contributed by atoms with Crippen molar-refractivity contribution in [2.24, 2.45) is 0 Å². The Morgan fingerprint density at radius 1 is 1.09 bits per heavy atom. The van der Waals surface area contributed by atoms with Crippen molar-refractivity contribution < 1.29 is 28.6 Å². The highest BCUT2D eigenvalue weighted by Crippen LogP contribution is 2.09. The van der Waals surface area contributed by atoms with Crippen LogP contribution in [0.5, 0.6) is 0 Å². The molecule has 0 saturated heterocycles. The molecule has 0 spiro atoms. The van der Waals surface area contributed by atoms with Gasteiger partial charge in [-0.15, -0.1) is 11.8 Å². The van der Waals surface area contributed by atoms with E-state index in [-0.39, 0.29) is 24.1 Å². The second kappa shape index (κ2) is 10.3. The second-order valence-electron chi connectivity index (χ2n) is 5.27. The Labute approximate surface area is 135 Å². The molecule has 0 fully saturated rings. The third-order valence-corrected chi connectivity index (χ3v) is 3.08. The Morgan fingerprint density at radius 2 is 1.68 bits per heavy atom. The van der Waals surface area contributed by atoms with Crippen molar-refractivity contribution in [3.05, 3.63) is 0 Å². The Morgan fingerprint density at radius 3 is 2.18 bits per heavy atom. The Balaban J connectivity index is 4.47. The number of hydrogen-bond acceptors (Lipinski definition) is 7. The van der Waals surface area contributed by atoms with E-state index in [4.69, 9.17) is 14.2 Å². The molecule has 0 aromatic rings. The number of thioether (sulfide) groups is 1. The summed E-state index contributed by atoms with van der Waals surface area (Å²) >= 11 is 1.18. The van der Waals surface area contributed by atoms with Crippen molar-refractivity contribution in [3.63, 3.8) is 0 Å². The van der Waals surface area contributed by atoms with Crippen molar-refractivity contribution in [2.45, 2.75) is 46.3 Å².